The summed E-state index contributed by atoms with van der Waals surface area (Å²) in [5.41, 5.74) is 2.62. The van der Waals surface area contributed by atoms with Crippen LogP contribution in [0.5, 0.6) is 0 Å². The molecule has 1 atom stereocenters. The maximum absolute atomic E-state index is 13.1. The normalized spacial score (nSPS) is 20.5. The summed E-state index contributed by atoms with van der Waals surface area (Å²) in [5, 5.41) is 0.993. The molecule has 2 aliphatic rings. The molecule has 3 aromatic rings. The molecule has 1 amide bonds. The van der Waals surface area contributed by atoms with Crippen LogP contribution in [0.1, 0.15) is 41.7 Å². The first-order chi connectivity index (χ1) is 15.3. The third-order valence-electron chi connectivity index (χ3n) is 6.90. The molecule has 0 unspecified atom stereocenters. The number of aromatic amines is 1. The summed E-state index contributed by atoms with van der Waals surface area (Å²) in [5.74, 6) is 0.599. The monoisotopic (exact) mass is 419 g/mol. The van der Waals surface area contributed by atoms with E-state index in [4.69, 9.17) is 9.47 Å². The Morgan fingerprint density at radius 2 is 2.03 bits per heavy atom. The second-order valence-electron chi connectivity index (χ2n) is 8.60. The van der Waals surface area contributed by atoms with E-state index in [0.717, 1.165) is 67.5 Å². The smallest absolute Gasteiger partial charge is 0.256 e. The van der Waals surface area contributed by atoms with Crippen LogP contribution in [0.3, 0.4) is 0 Å². The van der Waals surface area contributed by atoms with E-state index in [-0.39, 0.29) is 11.5 Å². The number of H-pyrrole nitrogens is 1. The third kappa shape index (κ3) is 4.10. The van der Waals surface area contributed by atoms with E-state index in [2.05, 4.69) is 9.97 Å². The number of ether oxygens (including phenoxy) is 2. The molecule has 2 aromatic heterocycles. The van der Waals surface area contributed by atoms with E-state index in [9.17, 15) is 4.79 Å². The van der Waals surface area contributed by atoms with Gasteiger partial charge in [0.05, 0.1) is 23.5 Å². The van der Waals surface area contributed by atoms with Gasteiger partial charge in [0.1, 0.15) is 0 Å². The van der Waals surface area contributed by atoms with Gasteiger partial charge in [0.2, 0.25) is 0 Å². The number of carbonyl (C=O) groups is 1. The van der Waals surface area contributed by atoms with Gasteiger partial charge >= 0.3 is 0 Å². The zero-order chi connectivity index (χ0) is 21.1. The molecule has 0 radical (unpaired) electrons. The van der Waals surface area contributed by atoms with Crippen LogP contribution in [0.4, 0.5) is 0 Å². The van der Waals surface area contributed by atoms with Crippen molar-refractivity contribution in [2.45, 2.75) is 37.9 Å². The second-order valence-corrected chi connectivity index (χ2v) is 8.60. The number of rotatable bonds is 6. The lowest BCUT2D eigenvalue weighted by Gasteiger charge is -2.42. The Morgan fingerprint density at radius 3 is 2.87 bits per heavy atom. The average molecular weight is 420 g/mol. The van der Waals surface area contributed by atoms with Crippen molar-refractivity contribution in [2.75, 3.05) is 26.3 Å². The number of para-hydroxylation sites is 1. The molecule has 162 valence electrons. The maximum atomic E-state index is 13.1. The number of aromatic nitrogens is 2. The minimum Gasteiger partial charge on any atom is -0.375 e. The highest BCUT2D eigenvalue weighted by Gasteiger charge is 2.46. The van der Waals surface area contributed by atoms with Gasteiger partial charge in [-0.25, -0.2) is 0 Å². The Kier molecular flexibility index (Phi) is 5.74. The van der Waals surface area contributed by atoms with E-state index in [1.54, 1.807) is 6.20 Å². The van der Waals surface area contributed by atoms with Crippen molar-refractivity contribution in [3.05, 3.63) is 66.1 Å². The van der Waals surface area contributed by atoms with Gasteiger partial charge in [-0.2, -0.15) is 0 Å². The van der Waals surface area contributed by atoms with Gasteiger partial charge in [-0.15, -0.1) is 0 Å². The van der Waals surface area contributed by atoms with E-state index in [1.807, 2.05) is 53.6 Å². The average Bonchev–Trinajstić information content (AvgIpc) is 3.42. The molecule has 31 heavy (non-hydrogen) atoms. The molecule has 0 saturated carbocycles. The molecule has 5 rings (SSSR count). The van der Waals surface area contributed by atoms with Gasteiger partial charge in [0, 0.05) is 49.6 Å². The number of hydrogen-bond acceptors (Lipinski definition) is 4. The van der Waals surface area contributed by atoms with E-state index in [0.29, 0.717) is 19.1 Å². The summed E-state index contributed by atoms with van der Waals surface area (Å²) in [6, 6.07) is 13.9. The van der Waals surface area contributed by atoms with Crippen LogP contribution in [0.25, 0.3) is 10.9 Å². The molecular formula is C25H29N3O3. The molecule has 0 aliphatic carbocycles. The summed E-state index contributed by atoms with van der Waals surface area (Å²) in [6.07, 6.45) is 7.49. The number of likely N-dealkylation sites (tertiary alicyclic amines) is 1. The fraction of sp³-hybridized carbons (Fsp3) is 0.440. The maximum Gasteiger partial charge on any atom is 0.256 e. The molecular weight excluding hydrogens is 390 g/mol. The number of pyridine rings is 1. The standard InChI is InChI=1S/C25H29N3O3/c29-24(22-17-27-23-7-2-1-6-21(22)23)28-13-10-25(11-14-28)19(9-16-31-25)8-15-30-18-20-5-3-4-12-26-20/h1-7,12,17,19,27H,8-11,13-16,18H2/t19-/m0/s1. The highest BCUT2D eigenvalue weighted by atomic mass is 16.5. The van der Waals surface area contributed by atoms with Gasteiger partial charge in [-0.3, -0.25) is 9.78 Å². The molecule has 4 heterocycles. The van der Waals surface area contributed by atoms with Crippen LogP contribution in [0.2, 0.25) is 0 Å². The third-order valence-corrected chi connectivity index (χ3v) is 6.90. The summed E-state index contributed by atoms with van der Waals surface area (Å²) < 4.78 is 12.2. The van der Waals surface area contributed by atoms with Gasteiger partial charge in [0.25, 0.3) is 5.91 Å². The van der Waals surface area contributed by atoms with Crippen LogP contribution in [0, 0.1) is 5.92 Å². The zero-order valence-electron chi connectivity index (χ0n) is 17.8. The first kappa shape index (κ1) is 20.2. The van der Waals surface area contributed by atoms with Gasteiger partial charge < -0.3 is 19.4 Å². The fourth-order valence-electron chi connectivity index (χ4n) is 5.14. The number of nitrogens with one attached hydrogen (secondary N) is 1. The lowest BCUT2D eigenvalue weighted by molar-refractivity contribution is -0.0675. The Hall–Kier alpha value is -2.70. The van der Waals surface area contributed by atoms with Crippen LogP contribution in [-0.4, -0.2) is 52.7 Å². The van der Waals surface area contributed by atoms with Crippen molar-refractivity contribution in [1.29, 1.82) is 0 Å². The number of amides is 1. The van der Waals surface area contributed by atoms with Gasteiger partial charge in [-0.05, 0) is 49.8 Å². The van der Waals surface area contributed by atoms with Crippen LogP contribution in [-0.2, 0) is 16.1 Å². The highest BCUT2D eigenvalue weighted by Crippen LogP contribution is 2.42. The topological polar surface area (TPSA) is 67.5 Å². The molecule has 0 bridgehead atoms. The first-order valence-corrected chi connectivity index (χ1v) is 11.2. The molecule has 6 nitrogen and oxygen atoms in total. The van der Waals surface area contributed by atoms with Crippen LogP contribution in [0.15, 0.2) is 54.9 Å². The van der Waals surface area contributed by atoms with Crippen molar-refractivity contribution in [3.63, 3.8) is 0 Å². The Morgan fingerprint density at radius 1 is 1.19 bits per heavy atom. The second kappa shape index (κ2) is 8.81. The SMILES string of the molecule is O=C(c1c[nH]c2ccccc12)N1CCC2(CC1)OCC[C@@H]2CCOCc1ccccn1. The predicted molar refractivity (Wildman–Crippen MR) is 119 cm³/mol. The molecule has 2 fully saturated rings. The number of carbonyl (C=O) groups excluding carboxylic acids is 1. The fourth-order valence-corrected chi connectivity index (χ4v) is 5.14. The quantitative estimate of drug-likeness (QED) is 0.609. The van der Waals surface area contributed by atoms with E-state index in [1.165, 1.54) is 0 Å². The number of hydrogen-bond donors (Lipinski definition) is 1. The summed E-state index contributed by atoms with van der Waals surface area (Å²) in [6.45, 7) is 3.55. The van der Waals surface area contributed by atoms with Gasteiger partial charge in [0.15, 0.2) is 0 Å². The number of piperidine rings is 1. The van der Waals surface area contributed by atoms with Crippen molar-refractivity contribution in [2.24, 2.45) is 5.92 Å². The van der Waals surface area contributed by atoms with Crippen molar-refractivity contribution in [1.82, 2.24) is 14.9 Å². The van der Waals surface area contributed by atoms with Crippen molar-refractivity contribution >= 4 is 16.8 Å². The summed E-state index contributed by atoms with van der Waals surface area (Å²) >= 11 is 0. The molecule has 1 N–H and O–H groups in total. The van der Waals surface area contributed by atoms with Crippen LogP contribution < -0.4 is 0 Å². The molecule has 1 aromatic carbocycles. The minimum absolute atomic E-state index is 0.106. The summed E-state index contributed by atoms with van der Waals surface area (Å²) in [4.78, 5) is 22.6. The Bertz CT molecular complexity index is 1020. The van der Waals surface area contributed by atoms with Crippen molar-refractivity contribution < 1.29 is 14.3 Å². The van der Waals surface area contributed by atoms with Gasteiger partial charge in [-0.1, -0.05) is 24.3 Å². The molecule has 1 spiro atoms. The lowest BCUT2D eigenvalue weighted by atomic mass is 9.78. The largest absolute Gasteiger partial charge is 0.375 e. The Balaban J connectivity index is 1.16. The van der Waals surface area contributed by atoms with E-state index < -0.39 is 0 Å². The predicted octanol–water partition coefficient (Wildman–Crippen LogP) is 4.18. The lowest BCUT2D eigenvalue weighted by Crippen LogP contribution is -2.49. The zero-order valence-corrected chi connectivity index (χ0v) is 17.8. The number of benzene rings is 1. The van der Waals surface area contributed by atoms with E-state index >= 15 is 0 Å². The number of nitrogens with zero attached hydrogens (tertiary/aromatic N) is 2. The van der Waals surface area contributed by atoms with Crippen molar-refractivity contribution in [3.8, 4) is 0 Å². The molecule has 2 aliphatic heterocycles. The number of fused-ring (bicyclic) bond motifs is 1. The first-order valence-electron chi connectivity index (χ1n) is 11.2. The van der Waals surface area contributed by atoms with Crippen LogP contribution >= 0.6 is 0 Å². The minimum atomic E-state index is -0.106. The Labute approximate surface area is 182 Å². The molecule has 2 saturated heterocycles. The molecule has 6 heteroatoms. The highest BCUT2D eigenvalue weighted by molar-refractivity contribution is 6.06. The summed E-state index contributed by atoms with van der Waals surface area (Å²) in [7, 11) is 0.